The molecule has 3 aromatic carbocycles. The summed E-state index contributed by atoms with van der Waals surface area (Å²) in [5.41, 5.74) is 0.856. The molecule has 4 rings (SSSR count). The molecule has 0 fully saturated rings. The van der Waals surface area contributed by atoms with Crippen LogP contribution in [-0.2, 0) is 24.8 Å². The van der Waals surface area contributed by atoms with Crippen LogP contribution in [0.4, 0.5) is 21.5 Å². The first-order chi connectivity index (χ1) is 16.6. The van der Waals surface area contributed by atoms with Crippen molar-refractivity contribution in [3.05, 3.63) is 78.6 Å². The predicted octanol–water partition coefficient (Wildman–Crippen LogP) is 3.18. The molecule has 2 N–H and O–H groups in total. The van der Waals surface area contributed by atoms with Gasteiger partial charge in [0, 0.05) is 11.4 Å². The molecule has 0 aromatic heterocycles. The van der Waals surface area contributed by atoms with Crippen molar-refractivity contribution < 1.29 is 30.8 Å². The van der Waals surface area contributed by atoms with E-state index in [1.54, 1.807) is 24.3 Å². The lowest BCUT2D eigenvalue weighted by atomic mass is 10.2. The Kier molecular flexibility index (Phi) is 6.68. The molecule has 1 heterocycles. The van der Waals surface area contributed by atoms with Crippen LogP contribution in [0.3, 0.4) is 0 Å². The fourth-order valence-corrected chi connectivity index (χ4v) is 5.61. The van der Waals surface area contributed by atoms with E-state index in [1.807, 2.05) is 0 Å². The molecule has 0 radical (unpaired) electrons. The second-order valence-corrected chi connectivity index (χ2v) is 11.5. The maximum absolute atomic E-state index is 13.0. The monoisotopic (exact) mass is 519 g/mol. The number of ether oxygens (including phenoxy) is 1. The molecule has 1 unspecified atom stereocenters. The maximum Gasteiger partial charge on any atom is 0.267 e. The Morgan fingerprint density at radius 2 is 1.60 bits per heavy atom. The Labute approximate surface area is 202 Å². The molecule has 3 aromatic rings. The van der Waals surface area contributed by atoms with E-state index in [4.69, 9.17) is 4.74 Å². The minimum Gasteiger partial charge on any atom is -0.476 e. The number of halogens is 1. The van der Waals surface area contributed by atoms with Gasteiger partial charge in [-0.2, -0.15) is 0 Å². The lowest BCUT2D eigenvalue weighted by Gasteiger charge is -2.34. The summed E-state index contributed by atoms with van der Waals surface area (Å²) in [6.45, 7) is 1.32. The molecular formula is C23H22FN3O6S2. The van der Waals surface area contributed by atoms with Crippen molar-refractivity contribution >= 4 is 43.0 Å². The molecule has 184 valence electrons. The maximum atomic E-state index is 13.0. The van der Waals surface area contributed by atoms with Crippen LogP contribution >= 0.6 is 0 Å². The summed E-state index contributed by atoms with van der Waals surface area (Å²) in [6, 6.07) is 16.8. The van der Waals surface area contributed by atoms with E-state index in [9.17, 15) is 26.0 Å². The third-order valence-electron chi connectivity index (χ3n) is 5.26. The van der Waals surface area contributed by atoms with Crippen molar-refractivity contribution in [2.24, 2.45) is 0 Å². The second-order valence-electron chi connectivity index (χ2n) is 7.63. The summed E-state index contributed by atoms with van der Waals surface area (Å²) in [4.78, 5) is 12.8. The summed E-state index contributed by atoms with van der Waals surface area (Å²) < 4.78 is 72.6. The zero-order valence-corrected chi connectivity index (χ0v) is 20.1. The number of anilines is 3. The normalized spacial score (nSPS) is 15.6. The second kappa shape index (κ2) is 9.55. The topological polar surface area (TPSA) is 122 Å². The number of carbonyl (C=O) groups excluding carboxylic acids is 1. The van der Waals surface area contributed by atoms with Crippen LogP contribution in [0.15, 0.2) is 77.7 Å². The number of para-hydroxylation sites is 2. The molecular weight excluding hydrogens is 497 g/mol. The highest BCUT2D eigenvalue weighted by Crippen LogP contribution is 2.35. The number of nitrogens with zero attached hydrogens (tertiary/aromatic N) is 1. The highest BCUT2D eigenvalue weighted by molar-refractivity contribution is 7.93. The van der Waals surface area contributed by atoms with Gasteiger partial charge < -0.3 is 10.1 Å². The molecule has 12 heteroatoms. The Hall–Kier alpha value is -3.64. The van der Waals surface area contributed by atoms with Gasteiger partial charge >= 0.3 is 0 Å². The summed E-state index contributed by atoms with van der Waals surface area (Å²) >= 11 is 0. The van der Waals surface area contributed by atoms with E-state index in [2.05, 4.69) is 10.0 Å². The van der Waals surface area contributed by atoms with Crippen molar-refractivity contribution in [3.63, 3.8) is 0 Å². The molecule has 0 aliphatic carbocycles. The predicted molar refractivity (Wildman–Crippen MR) is 130 cm³/mol. The fraction of sp³-hybridized carbons (Fsp3) is 0.174. The van der Waals surface area contributed by atoms with Crippen molar-refractivity contribution in [3.8, 4) is 5.75 Å². The van der Waals surface area contributed by atoms with Crippen LogP contribution in [0.25, 0.3) is 0 Å². The Morgan fingerprint density at radius 1 is 0.971 bits per heavy atom. The number of hydrogen-bond donors (Lipinski definition) is 2. The van der Waals surface area contributed by atoms with E-state index in [0.29, 0.717) is 11.4 Å². The third-order valence-corrected chi connectivity index (χ3v) is 8.40. The SMILES string of the molecule is CCS(=O)(=O)N1CC(C(=O)Nc2ccc(S(=O)(=O)Nc3ccc(F)cc3)cc2)Oc2ccccc21. The molecule has 35 heavy (non-hydrogen) atoms. The van der Waals surface area contributed by atoms with Gasteiger partial charge in [0.2, 0.25) is 10.0 Å². The molecule has 1 aliphatic heterocycles. The zero-order chi connectivity index (χ0) is 25.2. The number of sulfonamides is 2. The van der Waals surface area contributed by atoms with E-state index >= 15 is 0 Å². The first-order valence-corrected chi connectivity index (χ1v) is 13.6. The van der Waals surface area contributed by atoms with Crippen LogP contribution in [0, 0.1) is 5.82 Å². The van der Waals surface area contributed by atoms with Gasteiger partial charge in [-0.05, 0) is 67.6 Å². The van der Waals surface area contributed by atoms with E-state index in [0.717, 1.165) is 16.4 Å². The number of nitrogens with one attached hydrogen (secondary N) is 2. The average Bonchev–Trinajstić information content (AvgIpc) is 2.85. The number of fused-ring (bicyclic) bond motifs is 1. The first-order valence-electron chi connectivity index (χ1n) is 10.5. The molecule has 1 amide bonds. The molecule has 0 saturated carbocycles. The highest BCUT2D eigenvalue weighted by atomic mass is 32.2. The molecule has 0 saturated heterocycles. The lowest BCUT2D eigenvalue weighted by molar-refractivity contribution is -0.122. The quantitative estimate of drug-likeness (QED) is 0.495. The van der Waals surface area contributed by atoms with Crippen LogP contribution in [0.2, 0.25) is 0 Å². The highest BCUT2D eigenvalue weighted by Gasteiger charge is 2.36. The van der Waals surface area contributed by atoms with E-state index in [1.165, 1.54) is 43.3 Å². The van der Waals surface area contributed by atoms with Crippen LogP contribution in [-0.4, -0.2) is 41.1 Å². The van der Waals surface area contributed by atoms with Crippen molar-refractivity contribution in [1.82, 2.24) is 0 Å². The number of benzene rings is 3. The van der Waals surface area contributed by atoms with Crippen LogP contribution < -0.4 is 19.1 Å². The average molecular weight is 520 g/mol. The molecule has 0 bridgehead atoms. The van der Waals surface area contributed by atoms with Gasteiger partial charge in [0.15, 0.2) is 6.10 Å². The summed E-state index contributed by atoms with van der Waals surface area (Å²) in [6.07, 6.45) is -1.12. The van der Waals surface area contributed by atoms with Crippen molar-refractivity contribution in [2.75, 3.05) is 26.6 Å². The Bertz CT molecular complexity index is 1440. The van der Waals surface area contributed by atoms with Crippen LogP contribution in [0.5, 0.6) is 5.75 Å². The molecule has 1 atom stereocenters. The summed E-state index contributed by atoms with van der Waals surface area (Å²) in [7, 11) is -7.58. The number of hydrogen-bond acceptors (Lipinski definition) is 6. The number of amides is 1. The largest absolute Gasteiger partial charge is 0.476 e. The van der Waals surface area contributed by atoms with E-state index in [-0.39, 0.29) is 28.6 Å². The summed E-state index contributed by atoms with van der Waals surface area (Å²) in [5.74, 6) is -0.952. The minimum absolute atomic E-state index is 0.0668. The van der Waals surface area contributed by atoms with Crippen LogP contribution in [0.1, 0.15) is 6.92 Å². The molecule has 0 spiro atoms. The first kappa shape index (κ1) is 24.5. The molecule has 9 nitrogen and oxygen atoms in total. The number of rotatable bonds is 7. The summed E-state index contributed by atoms with van der Waals surface area (Å²) in [5, 5.41) is 2.62. The fourth-order valence-electron chi connectivity index (χ4n) is 3.43. The van der Waals surface area contributed by atoms with Crippen molar-refractivity contribution in [2.45, 2.75) is 17.9 Å². The van der Waals surface area contributed by atoms with E-state index < -0.39 is 37.9 Å². The van der Waals surface area contributed by atoms with Crippen molar-refractivity contribution in [1.29, 1.82) is 0 Å². The van der Waals surface area contributed by atoms with Gasteiger partial charge in [0.05, 0.1) is 22.9 Å². The standard InChI is InChI=1S/C23H22FN3O6S2/c1-2-34(29,30)27-15-22(33-21-6-4-3-5-20(21)27)23(28)25-17-11-13-19(14-12-17)35(31,32)26-18-9-7-16(24)8-10-18/h3-14,22,26H,2,15H2,1H3,(H,25,28). The van der Waals surface area contributed by atoms with Gasteiger partial charge in [-0.25, -0.2) is 21.2 Å². The smallest absolute Gasteiger partial charge is 0.267 e. The molecule has 1 aliphatic rings. The van der Waals surface area contributed by atoms with Gasteiger partial charge in [-0.3, -0.25) is 13.8 Å². The third kappa shape index (κ3) is 5.38. The van der Waals surface area contributed by atoms with Gasteiger partial charge in [0.1, 0.15) is 11.6 Å². The Balaban J connectivity index is 1.48. The lowest BCUT2D eigenvalue weighted by Crippen LogP contribution is -2.49. The number of carbonyl (C=O) groups is 1. The zero-order valence-electron chi connectivity index (χ0n) is 18.5. The van der Waals surface area contributed by atoms with Gasteiger partial charge in [0.25, 0.3) is 15.9 Å². The van der Waals surface area contributed by atoms with Gasteiger partial charge in [-0.1, -0.05) is 12.1 Å². The van der Waals surface area contributed by atoms with Gasteiger partial charge in [-0.15, -0.1) is 0 Å². The Morgan fingerprint density at radius 3 is 2.26 bits per heavy atom. The minimum atomic E-state index is -3.94.